The van der Waals surface area contributed by atoms with Crippen molar-refractivity contribution in [2.45, 2.75) is 25.1 Å². The number of benzene rings is 1. The molecule has 1 unspecified atom stereocenters. The SMILES string of the molecule is CC(Cl)CN(C)C(=O)C1Cc2ccccc2C1. The minimum Gasteiger partial charge on any atom is -0.344 e. The molecule has 0 aliphatic heterocycles. The number of fused-ring (bicyclic) bond motifs is 1. The molecule has 0 spiro atoms. The summed E-state index contributed by atoms with van der Waals surface area (Å²) in [4.78, 5) is 14.0. The second-order valence-electron chi connectivity index (χ2n) is 4.87. The van der Waals surface area contributed by atoms with Gasteiger partial charge in [0.2, 0.25) is 5.91 Å². The van der Waals surface area contributed by atoms with Gasteiger partial charge in [-0.05, 0) is 30.9 Å². The maximum Gasteiger partial charge on any atom is 0.226 e. The molecule has 0 saturated carbocycles. The van der Waals surface area contributed by atoms with Gasteiger partial charge < -0.3 is 4.90 Å². The summed E-state index contributed by atoms with van der Waals surface area (Å²) in [5.41, 5.74) is 2.64. The highest BCUT2D eigenvalue weighted by Crippen LogP contribution is 2.27. The Labute approximate surface area is 108 Å². The van der Waals surface area contributed by atoms with Crippen LogP contribution in [0.2, 0.25) is 0 Å². The predicted molar refractivity (Wildman–Crippen MR) is 70.3 cm³/mol. The Kier molecular flexibility index (Phi) is 3.72. The molecule has 0 saturated heterocycles. The van der Waals surface area contributed by atoms with Gasteiger partial charge in [0, 0.05) is 24.9 Å². The molecule has 2 nitrogen and oxygen atoms in total. The third kappa shape index (κ3) is 2.81. The lowest BCUT2D eigenvalue weighted by molar-refractivity contribution is -0.133. The lowest BCUT2D eigenvalue weighted by Gasteiger charge is -2.21. The van der Waals surface area contributed by atoms with E-state index in [-0.39, 0.29) is 17.2 Å². The highest BCUT2D eigenvalue weighted by Gasteiger charge is 2.29. The highest BCUT2D eigenvalue weighted by atomic mass is 35.5. The minimum atomic E-state index is 0.00716. The fourth-order valence-corrected chi connectivity index (χ4v) is 2.72. The van der Waals surface area contributed by atoms with Crippen LogP contribution in [0.5, 0.6) is 0 Å². The van der Waals surface area contributed by atoms with Gasteiger partial charge in [-0.25, -0.2) is 0 Å². The zero-order chi connectivity index (χ0) is 12.4. The molecule has 1 aromatic carbocycles. The van der Waals surface area contributed by atoms with Gasteiger partial charge in [0.1, 0.15) is 0 Å². The number of rotatable bonds is 3. The van der Waals surface area contributed by atoms with Crippen LogP contribution in [0.15, 0.2) is 24.3 Å². The summed E-state index contributed by atoms with van der Waals surface area (Å²) < 4.78 is 0. The number of hydrogen-bond acceptors (Lipinski definition) is 1. The Balaban J connectivity index is 2.01. The molecule has 0 bridgehead atoms. The van der Waals surface area contributed by atoms with Gasteiger partial charge in [-0.1, -0.05) is 24.3 Å². The lowest BCUT2D eigenvalue weighted by Crippen LogP contribution is -2.36. The lowest BCUT2D eigenvalue weighted by atomic mass is 10.1. The number of hydrogen-bond donors (Lipinski definition) is 0. The highest BCUT2D eigenvalue weighted by molar-refractivity contribution is 6.20. The predicted octanol–water partition coefficient (Wildman–Crippen LogP) is 2.49. The van der Waals surface area contributed by atoms with E-state index in [4.69, 9.17) is 11.6 Å². The van der Waals surface area contributed by atoms with Crippen LogP contribution >= 0.6 is 11.6 Å². The zero-order valence-corrected chi connectivity index (χ0v) is 11.1. The Morgan fingerprint density at radius 2 is 1.94 bits per heavy atom. The van der Waals surface area contributed by atoms with E-state index in [0.717, 1.165) is 12.8 Å². The van der Waals surface area contributed by atoms with Gasteiger partial charge in [-0.2, -0.15) is 0 Å². The van der Waals surface area contributed by atoms with Gasteiger partial charge >= 0.3 is 0 Å². The van der Waals surface area contributed by atoms with Crippen LogP contribution in [0.25, 0.3) is 0 Å². The third-order valence-corrected chi connectivity index (χ3v) is 3.44. The topological polar surface area (TPSA) is 20.3 Å². The number of alkyl halides is 1. The summed E-state index contributed by atoms with van der Waals surface area (Å²) in [5.74, 6) is 0.321. The number of halogens is 1. The number of carbonyl (C=O) groups excluding carboxylic acids is 1. The molecular weight excluding hydrogens is 234 g/mol. The largest absolute Gasteiger partial charge is 0.344 e. The Hall–Kier alpha value is -1.02. The fourth-order valence-electron chi connectivity index (χ4n) is 2.51. The second kappa shape index (κ2) is 5.09. The zero-order valence-electron chi connectivity index (χ0n) is 10.3. The molecule has 1 aliphatic rings. The maximum atomic E-state index is 12.2. The Bertz CT molecular complexity index is 391. The van der Waals surface area contributed by atoms with Crippen molar-refractivity contribution >= 4 is 17.5 Å². The molecule has 1 aliphatic carbocycles. The summed E-state index contributed by atoms with van der Waals surface area (Å²) in [5, 5.41) is 0.00716. The van der Waals surface area contributed by atoms with Crippen molar-refractivity contribution in [3.8, 4) is 0 Å². The first kappa shape index (κ1) is 12.4. The van der Waals surface area contributed by atoms with Crippen LogP contribution < -0.4 is 0 Å². The van der Waals surface area contributed by atoms with E-state index in [1.54, 1.807) is 4.90 Å². The molecule has 1 atom stereocenters. The molecule has 1 aromatic rings. The standard InChI is InChI=1S/C14H18ClNO/c1-10(15)9-16(2)14(17)13-7-11-5-3-4-6-12(11)8-13/h3-6,10,13H,7-9H2,1-2H3. The van der Waals surface area contributed by atoms with Crippen molar-refractivity contribution in [2.24, 2.45) is 5.92 Å². The van der Waals surface area contributed by atoms with Crippen LogP contribution in [-0.2, 0) is 17.6 Å². The maximum absolute atomic E-state index is 12.2. The fraction of sp³-hybridized carbons (Fsp3) is 0.500. The van der Waals surface area contributed by atoms with Crippen LogP contribution in [0.4, 0.5) is 0 Å². The first-order valence-corrected chi connectivity index (χ1v) is 6.47. The summed E-state index contributed by atoms with van der Waals surface area (Å²) >= 11 is 5.92. The van der Waals surface area contributed by atoms with Crippen LogP contribution in [0, 0.1) is 5.92 Å². The van der Waals surface area contributed by atoms with E-state index in [1.807, 2.05) is 26.1 Å². The van der Waals surface area contributed by atoms with Crippen LogP contribution in [0.3, 0.4) is 0 Å². The summed E-state index contributed by atoms with van der Waals surface area (Å²) in [6.45, 7) is 2.53. The van der Waals surface area contributed by atoms with Crippen LogP contribution in [-0.4, -0.2) is 29.8 Å². The van der Waals surface area contributed by atoms with Crippen LogP contribution in [0.1, 0.15) is 18.1 Å². The summed E-state index contributed by atoms with van der Waals surface area (Å²) in [6.07, 6.45) is 1.74. The minimum absolute atomic E-state index is 0.00716. The monoisotopic (exact) mass is 251 g/mol. The number of carbonyl (C=O) groups is 1. The van der Waals surface area contributed by atoms with E-state index < -0.39 is 0 Å². The van der Waals surface area contributed by atoms with Crippen molar-refractivity contribution < 1.29 is 4.79 Å². The summed E-state index contributed by atoms with van der Waals surface area (Å²) in [7, 11) is 1.84. The van der Waals surface area contributed by atoms with Crippen molar-refractivity contribution in [2.75, 3.05) is 13.6 Å². The van der Waals surface area contributed by atoms with E-state index in [2.05, 4.69) is 12.1 Å². The molecule has 1 amide bonds. The molecule has 92 valence electrons. The van der Waals surface area contributed by atoms with E-state index >= 15 is 0 Å². The first-order chi connectivity index (χ1) is 8.08. The quantitative estimate of drug-likeness (QED) is 0.756. The number of nitrogens with zero attached hydrogens (tertiary/aromatic N) is 1. The average Bonchev–Trinajstić information content (AvgIpc) is 2.70. The molecule has 0 aromatic heterocycles. The molecule has 0 fully saturated rings. The van der Waals surface area contributed by atoms with Gasteiger partial charge in [0.15, 0.2) is 0 Å². The van der Waals surface area contributed by atoms with E-state index in [1.165, 1.54) is 11.1 Å². The molecule has 17 heavy (non-hydrogen) atoms. The van der Waals surface area contributed by atoms with Gasteiger partial charge in [0.25, 0.3) is 0 Å². The normalized spacial score (nSPS) is 16.6. The van der Waals surface area contributed by atoms with Crippen molar-refractivity contribution in [1.82, 2.24) is 4.90 Å². The molecule has 2 rings (SSSR count). The first-order valence-electron chi connectivity index (χ1n) is 6.03. The van der Waals surface area contributed by atoms with Crippen molar-refractivity contribution in [3.05, 3.63) is 35.4 Å². The molecule has 0 radical (unpaired) electrons. The van der Waals surface area contributed by atoms with Gasteiger partial charge in [-0.3, -0.25) is 4.79 Å². The Morgan fingerprint density at radius 1 is 1.41 bits per heavy atom. The number of amides is 1. The third-order valence-electron chi connectivity index (χ3n) is 3.30. The summed E-state index contributed by atoms with van der Waals surface area (Å²) in [6, 6.07) is 8.31. The average molecular weight is 252 g/mol. The molecule has 3 heteroatoms. The molecular formula is C14H18ClNO. The molecule has 0 N–H and O–H groups in total. The van der Waals surface area contributed by atoms with Crippen molar-refractivity contribution in [3.63, 3.8) is 0 Å². The van der Waals surface area contributed by atoms with Gasteiger partial charge in [-0.15, -0.1) is 11.6 Å². The Morgan fingerprint density at radius 3 is 2.41 bits per heavy atom. The smallest absolute Gasteiger partial charge is 0.226 e. The van der Waals surface area contributed by atoms with E-state index in [0.29, 0.717) is 6.54 Å². The second-order valence-corrected chi connectivity index (χ2v) is 5.62. The molecule has 0 heterocycles. The van der Waals surface area contributed by atoms with Gasteiger partial charge in [0.05, 0.1) is 0 Å². The van der Waals surface area contributed by atoms with Crippen molar-refractivity contribution in [1.29, 1.82) is 0 Å². The van der Waals surface area contributed by atoms with E-state index in [9.17, 15) is 4.79 Å².